The predicted octanol–water partition coefficient (Wildman–Crippen LogP) is 4.94. The molecule has 1 aliphatic heterocycles. The maximum Gasteiger partial charge on any atom is 0.187 e. The minimum Gasteiger partial charge on any atom is -0.347 e. The zero-order valence-corrected chi connectivity index (χ0v) is 14.5. The average Bonchev–Trinajstić information content (AvgIpc) is 2.69. The van der Waals surface area contributed by atoms with Gasteiger partial charge in [0.25, 0.3) is 0 Å². The second kappa shape index (κ2) is 5.40. The highest BCUT2D eigenvalue weighted by Crippen LogP contribution is 2.46. The van der Waals surface area contributed by atoms with E-state index in [4.69, 9.17) is 0 Å². The van der Waals surface area contributed by atoms with Crippen LogP contribution in [0.3, 0.4) is 0 Å². The van der Waals surface area contributed by atoms with Crippen LogP contribution in [0.2, 0.25) is 0 Å². The van der Waals surface area contributed by atoms with Gasteiger partial charge in [0.15, 0.2) is 5.78 Å². The molecule has 2 nitrogen and oxygen atoms in total. The molecule has 0 aliphatic carbocycles. The maximum atomic E-state index is 12.6. The van der Waals surface area contributed by atoms with Gasteiger partial charge in [-0.05, 0) is 35.9 Å². The number of rotatable bonds is 2. The third-order valence-electron chi connectivity index (χ3n) is 4.34. The van der Waals surface area contributed by atoms with Gasteiger partial charge in [0.1, 0.15) is 0 Å². The molecule has 0 amide bonds. The molecule has 0 unspecified atom stereocenters. The molecule has 0 aromatic heterocycles. The maximum absolute atomic E-state index is 12.6. The summed E-state index contributed by atoms with van der Waals surface area (Å²) in [6, 6.07) is 15.8. The van der Waals surface area contributed by atoms with Gasteiger partial charge in [0.2, 0.25) is 0 Å². The number of allylic oxidation sites excluding steroid dienone is 2. The first-order chi connectivity index (χ1) is 10.4. The van der Waals surface area contributed by atoms with Crippen molar-refractivity contribution in [2.45, 2.75) is 19.3 Å². The van der Waals surface area contributed by atoms with Crippen molar-refractivity contribution in [3.8, 4) is 0 Å². The van der Waals surface area contributed by atoms with Crippen molar-refractivity contribution in [3.63, 3.8) is 0 Å². The van der Waals surface area contributed by atoms with E-state index < -0.39 is 0 Å². The van der Waals surface area contributed by atoms with Crippen LogP contribution in [-0.2, 0) is 5.41 Å². The van der Waals surface area contributed by atoms with E-state index in [-0.39, 0.29) is 11.2 Å². The molecule has 2 aromatic carbocycles. The Balaban J connectivity index is 2.01. The summed E-state index contributed by atoms with van der Waals surface area (Å²) in [5.41, 5.74) is 3.99. The molecule has 1 heterocycles. The first-order valence-electron chi connectivity index (χ1n) is 7.26. The van der Waals surface area contributed by atoms with Gasteiger partial charge in [-0.2, -0.15) is 0 Å². The Morgan fingerprint density at radius 1 is 1.09 bits per heavy atom. The Hall–Kier alpha value is -1.87. The van der Waals surface area contributed by atoms with Crippen molar-refractivity contribution in [2.24, 2.45) is 0 Å². The van der Waals surface area contributed by atoms with Gasteiger partial charge in [-0.15, -0.1) is 0 Å². The Bertz CT molecular complexity index is 759. The number of para-hydroxylation sites is 1. The van der Waals surface area contributed by atoms with Gasteiger partial charge in [0.05, 0.1) is 0 Å². The number of halogens is 1. The fraction of sp³-hybridized carbons (Fsp3) is 0.211. The Labute approximate surface area is 139 Å². The number of carbonyl (C=O) groups is 1. The zero-order chi connectivity index (χ0) is 15.9. The van der Waals surface area contributed by atoms with E-state index in [1.807, 2.05) is 43.4 Å². The highest BCUT2D eigenvalue weighted by atomic mass is 79.9. The molecule has 2 aromatic rings. The highest BCUT2D eigenvalue weighted by molar-refractivity contribution is 9.10. The summed E-state index contributed by atoms with van der Waals surface area (Å²) in [5.74, 6) is 0.0373. The van der Waals surface area contributed by atoms with Crippen LogP contribution in [0.25, 0.3) is 0 Å². The van der Waals surface area contributed by atoms with Gasteiger partial charge in [-0.3, -0.25) is 4.79 Å². The van der Waals surface area contributed by atoms with Crippen LogP contribution in [-0.4, -0.2) is 12.8 Å². The first kappa shape index (κ1) is 15.0. The Kier molecular flexibility index (Phi) is 3.69. The average molecular weight is 356 g/mol. The van der Waals surface area contributed by atoms with Gasteiger partial charge in [-0.1, -0.05) is 48.0 Å². The normalized spacial score (nSPS) is 17.6. The van der Waals surface area contributed by atoms with E-state index in [9.17, 15) is 4.79 Å². The molecule has 0 fully saturated rings. The van der Waals surface area contributed by atoms with Crippen molar-refractivity contribution < 1.29 is 4.79 Å². The number of ketones is 1. The molecule has 0 atom stereocenters. The van der Waals surface area contributed by atoms with Crippen LogP contribution >= 0.6 is 15.9 Å². The number of anilines is 1. The van der Waals surface area contributed by atoms with Gasteiger partial charge >= 0.3 is 0 Å². The lowest BCUT2D eigenvalue weighted by Crippen LogP contribution is -2.24. The Morgan fingerprint density at radius 3 is 2.36 bits per heavy atom. The summed E-state index contributed by atoms with van der Waals surface area (Å²) in [5, 5.41) is 0. The number of hydrogen-bond donors (Lipinski definition) is 0. The minimum absolute atomic E-state index is 0.0373. The van der Waals surface area contributed by atoms with Crippen molar-refractivity contribution in [2.75, 3.05) is 11.9 Å². The van der Waals surface area contributed by atoms with Crippen LogP contribution in [0.15, 0.2) is 64.8 Å². The molecular weight excluding hydrogens is 338 g/mol. The lowest BCUT2D eigenvalue weighted by Gasteiger charge is -2.24. The predicted molar refractivity (Wildman–Crippen MR) is 94.4 cm³/mol. The van der Waals surface area contributed by atoms with E-state index in [1.165, 1.54) is 11.3 Å². The molecular formula is C19H18BrNO. The van der Waals surface area contributed by atoms with Crippen molar-refractivity contribution in [1.29, 1.82) is 0 Å². The molecule has 112 valence electrons. The van der Waals surface area contributed by atoms with Crippen LogP contribution < -0.4 is 4.90 Å². The molecule has 3 rings (SSSR count). The fourth-order valence-corrected chi connectivity index (χ4v) is 3.34. The third kappa shape index (κ3) is 2.40. The Morgan fingerprint density at radius 2 is 1.73 bits per heavy atom. The number of fused-ring (bicyclic) bond motifs is 1. The summed E-state index contributed by atoms with van der Waals surface area (Å²) in [6.07, 6.45) is 1.77. The first-order valence-corrected chi connectivity index (χ1v) is 8.06. The van der Waals surface area contributed by atoms with Crippen molar-refractivity contribution in [1.82, 2.24) is 0 Å². The smallest absolute Gasteiger partial charge is 0.187 e. The van der Waals surface area contributed by atoms with Gasteiger partial charge < -0.3 is 4.90 Å². The number of likely N-dealkylation sites (N-methyl/N-ethyl adjacent to an activating group) is 1. The number of carbonyl (C=O) groups excluding carboxylic acids is 1. The summed E-state index contributed by atoms with van der Waals surface area (Å²) in [6.45, 7) is 4.33. The zero-order valence-electron chi connectivity index (χ0n) is 12.9. The molecule has 0 bridgehead atoms. The van der Waals surface area contributed by atoms with Crippen molar-refractivity contribution >= 4 is 27.4 Å². The topological polar surface area (TPSA) is 20.3 Å². The molecule has 0 N–H and O–H groups in total. The molecule has 0 saturated heterocycles. The molecule has 3 heteroatoms. The summed E-state index contributed by atoms with van der Waals surface area (Å²) >= 11 is 3.39. The largest absolute Gasteiger partial charge is 0.347 e. The lowest BCUT2D eigenvalue weighted by molar-refractivity contribution is 0.104. The standard InChI is InChI=1S/C19H18BrNO/c1-19(2)15-6-4-5-7-16(15)21(3)18(19)12-17(22)13-8-10-14(20)11-9-13/h4-12H,1-3H3/b18-12+. The highest BCUT2D eigenvalue weighted by Gasteiger charge is 2.38. The minimum atomic E-state index is -0.170. The lowest BCUT2D eigenvalue weighted by atomic mass is 9.83. The molecule has 22 heavy (non-hydrogen) atoms. The van der Waals surface area contributed by atoms with Gasteiger partial charge in [0, 0.05) is 40.0 Å². The van der Waals surface area contributed by atoms with Crippen molar-refractivity contribution in [3.05, 3.63) is 75.9 Å². The van der Waals surface area contributed by atoms with Crippen LogP contribution in [0.1, 0.15) is 29.8 Å². The number of nitrogens with zero attached hydrogens (tertiary/aromatic N) is 1. The number of hydrogen-bond acceptors (Lipinski definition) is 2. The second-order valence-electron chi connectivity index (χ2n) is 6.10. The molecule has 0 spiro atoms. The summed E-state index contributed by atoms with van der Waals surface area (Å²) in [4.78, 5) is 14.7. The van der Waals surface area contributed by atoms with E-state index in [0.717, 1.165) is 10.2 Å². The second-order valence-corrected chi connectivity index (χ2v) is 7.02. The van der Waals surface area contributed by atoms with Crippen LogP contribution in [0, 0.1) is 0 Å². The van der Waals surface area contributed by atoms with Crippen LogP contribution in [0.5, 0.6) is 0 Å². The third-order valence-corrected chi connectivity index (χ3v) is 4.87. The van der Waals surface area contributed by atoms with E-state index in [0.29, 0.717) is 5.56 Å². The van der Waals surface area contributed by atoms with E-state index in [2.05, 4.69) is 46.8 Å². The monoisotopic (exact) mass is 355 g/mol. The molecule has 0 radical (unpaired) electrons. The number of benzene rings is 2. The fourth-order valence-electron chi connectivity index (χ4n) is 3.08. The summed E-state index contributed by atoms with van der Waals surface area (Å²) in [7, 11) is 2.02. The SMILES string of the molecule is CN1/C(=C/C(=O)c2ccc(Br)cc2)C(C)(C)c2ccccc21. The van der Waals surface area contributed by atoms with Gasteiger partial charge in [-0.25, -0.2) is 0 Å². The quantitative estimate of drug-likeness (QED) is 0.561. The molecule has 1 aliphatic rings. The van der Waals surface area contributed by atoms with E-state index >= 15 is 0 Å². The van der Waals surface area contributed by atoms with Crippen LogP contribution in [0.4, 0.5) is 5.69 Å². The summed E-state index contributed by atoms with van der Waals surface area (Å²) < 4.78 is 0.974. The molecule has 0 saturated carbocycles. The van der Waals surface area contributed by atoms with E-state index in [1.54, 1.807) is 6.08 Å².